The van der Waals surface area contributed by atoms with Gasteiger partial charge < -0.3 is 20.5 Å². The minimum absolute atomic E-state index is 0.249. The fourth-order valence-electron chi connectivity index (χ4n) is 2.23. The van der Waals surface area contributed by atoms with Gasteiger partial charge in [0, 0.05) is 6.04 Å². The Balaban J connectivity index is 2.83. The van der Waals surface area contributed by atoms with Gasteiger partial charge in [0.25, 0.3) is 0 Å². The normalized spacial score (nSPS) is 14.3. The summed E-state index contributed by atoms with van der Waals surface area (Å²) < 4.78 is 5.50. The standard InChI is InChI=1S/C16H28N2O2/c1-5-12-11-13(20-6-2)7-8-14(12)16(19)15(17)9-10-18(3)4/h7-8,11,15-16,19H,5-6,9-10,17H2,1-4H3. The van der Waals surface area contributed by atoms with Crippen LogP contribution < -0.4 is 10.5 Å². The van der Waals surface area contributed by atoms with E-state index in [4.69, 9.17) is 10.5 Å². The van der Waals surface area contributed by atoms with Crippen LogP contribution in [0.1, 0.15) is 37.5 Å². The fraction of sp³-hybridized carbons (Fsp3) is 0.625. The molecule has 0 amide bonds. The average Bonchev–Trinajstić information content (AvgIpc) is 2.44. The number of hydrogen-bond donors (Lipinski definition) is 2. The highest BCUT2D eigenvalue weighted by molar-refractivity contribution is 5.37. The molecule has 0 spiro atoms. The molecule has 0 aliphatic carbocycles. The van der Waals surface area contributed by atoms with Gasteiger partial charge in [-0.15, -0.1) is 0 Å². The molecule has 0 radical (unpaired) electrons. The van der Waals surface area contributed by atoms with E-state index in [0.717, 1.165) is 36.3 Å². The summed E-state index contributed by atoms with van der Waals surface area (Å²) in [6.07, 6.45) is 0.999. The quantitative estimate of drug-likeness (QED) is 0.764. The van der Waals surface area contributed by atoms with Gasteiger partial charge in [0.05, 0.1) is 12.7 Å². The molecule has 2 unspecified atom stereocenters. The van der Waals surface area contributed by atoms with Crippen LogP contribution in [-0.4, -0.2) is 43.3 Å². The van der Waals surface area contributed by atoms with E-state index in [0.29, 0.717) is 6.61 Å². The van der Waals surface area contributed by atoms with Crippen molar-refractivity contribution >= 4 is 0 Å². The number of aryl methyl sites for hydroxylation is 1. The number of benzene rings is 1. The molecule has 0 heterocycles. The summed E-state index contributed by atoms with van der Waals surface area (Å²) in [4.78, 5) is 2.07. The first kappa shape index (κ1) is 17.0. The molecule has 0 aromatic heterocycles. The van der Waals surface area contributed by atoms with Crippen molar-refractivity contribution in [2.45, 2.75) is 38.8 Å². The third-order valence-electron chi connectivity index (χ3n) is 3.44. The first-order valence-electron chi connectivity index (χ1n) is 7.33. The Kier molecular flexibility index (Phi) is 6.99. The second-order valence-electron chi connectivity index (χ2n) is 5.35. The maximum absolute atomic E-state index is 10.5. The minimum Gasteiger partial charge on any atom is -0.494 e. The first-order valence-corrected chi connectivity index (χ1v) is 7.33. The number of aliphatic hydroxyl groups excluding tert-OH is 1. The zero-order valence-electron chi connectivity index (χ0n) is 13.1. The summed E-state index contributed by atoms with van der Waals surface area (Å²) in [5, 5.41) is 10.5. The van der Waals surface area contributed by atoms with E-state index >= 15 is 0 Å². The smallest absolute Gasteiger partial charge is 0.119 e. The van der Waals surface area contributed by atoms with E-state index in [1.54, 1.807) is 0 Å². The summed E-state index contributed by atoms with van der Waals surface area (Å²) in [7, 11) is 4.01. The zero-order chi connectivity index (χ0) is 15.1. The number of rotatable bonds is 8. The van der Waals surface area contributed by atoms with Crippen molar-refractivity contribution in [3.05, 3.63) is 29.3 Å². The van der Waals surface area contributed by atoms with Gasteiger partial charge in [0.1, 0.15) is 5.75 Å². The van der Waals surface area contributed by atoms with E-state index in [2.05, 4.69) is 11.8 Å². The Morgan fingerprint density at radius 2 is 2.00 bits per heavy atom. The van der Waals surface area contributed by atoms with Crippen LogP contribution in [0.3, 0.4) is 0 Å². The third kappa shape index (κ3) is 4.78. The summed E-state index contributed by atoms with van der Waals surface area (Å²) in [6.45, 7) is 5.56. The van der Waals surface area contributed by atoms with Gasteiger partial charge in [0.2, 0.25) is 0 Å². The Bertz CT molecular complexity index is 407. The minimum atomic E-state index is -0.624. The lowest BCUT2D eigenvalue weighted by Gasteiger charge is -2.23. The molecule has 1 rings (SSSR count). The van der Waals surface area contributed by atoms with Crippen LogP contribution in [0.2, 0.25) is 0 Å². The van der Waals surface area contributed by atoms with E-state index in [-0.39, 0.29) is 6.04 Å². The largest absolute Gasteiger partial charge is 0.494 e. The van der Waals surface area contributed by atoms with Crippen molar-refractivity contribution in [3.63, 3.8) is 0 Å². The van der Waals surface area contributed by atoms with Crippen LogP contribution in [0.15, 0.2) is 18.2 Å². The summed E-state index contributed by atoms with van der Waals surface area (Å²) >= 11 is 0. The predicted molar refractivity (Wildman–Crippen MR) is 83.1 cm³/mol. The topological polar surface area (TPSA) is 58.7 Å². The SMILES string of the molecule is CCOc1ccc(C(O)C(N)CCN(C)C)c(CC)c1. The van der Waals surface area contributed by atoms with Crippen molar-refractivity contribution in [2.75, 3.05) is 27.2 Å². The molecule has 4 nitrogen and oxygen atoms in total. The number of nitrogens with two attached hydrogens (primary N) is 1. The van der Waals surface area contributed by atoms with Crippen molar-refractivity contribution in [3.8, 4) is 5.75 Å². The molecule has 0 saturated carbocycles. The number of aliphatic hydroxyl groups is 1. The van der Waals surface area contributed by atoms with Crippen LogP contribution >= 0.6 is 0 Å². The van der Waals surface area contributed by atoms with Gasteiger partial charge in [-0.05, 0) is 63.7 Å². The molecular weight excluding hydrogens is 252 g/mol. The highest BCUT2D eigenvalue weighted by Gasteiger charge is 2.19. The summed E-state index contributed by atoms with van der Waals surface area (Å²) in [6, 6.07) is 5.59. The van der Waals surface area contributed by atoms with E-state index < -0.39 is 6.10 Å². The monoisotopic (exact) mass is 280 g/mol. The van der Waals surface area contributed by atoms with Crippen molar-refractivity contribution in [1.29, 1.82) is 0 Å². The molecule has 0 saturated heterocycles. The Morgan fingerprint density at radius 3 is 2.55 bits per heavy atom. The molecule has 114 valence electrons. The lowest BCUT2D eigenvalue weighted by atomic mass is 9.94. The Morgan fingerprint density at radius 1 is 1.30 bits per heavy atom. The lowest BCUT2D eigenvalue weighted by Crippen LogP contribution is -2.32. The molecule has 0 bridgehead atoms. The molecule has 3 N–H and O–H groups in total. The Hall–Kier alpha value is -1.10. The van der Waals surface area contributed by atoms with Crippen LogP contribution in [-0.2, 0) is 6.42 Å². The molecule has 2 atom stereocenters. The predicted octanol–water partition coefficient (Wildman–Crippen LogP) is 1.96. The van der Waals surface area contributed by atoms with Gasteiger partial charge in [0.15, 0.2) is 0 Å². The molecule has 0 aliphatic heterocycles. The first-order chi connectivity index (χ1) is 9.49. The second-order valence-corrected chi connectivity index (χ2v) is 5.35. The molecular formula is C16H28N2O2. The number of nitrogens with zero attached hydrogens (tertiary/aromatic N) is 1. The van der Waals surface area contributed by atoms with Gasteiger partial charge in [-0.1, -0.05) is 13.0 Å². The maximum atomic E-state index is 10.5. The van der Waals surface area contributed by atoms with Gasteiger partial charge in [-0.2, -0.15) is 0 Å². The fourth-order valence-corrected chi connectivity index (χ4v) is 2.23. The maximum Gasteiger partial charge on any atom is 0.119 e. The highest BCUT2D eigenvalue weighted by atomic mass is 16.5. The highest BCUT2D eigenvalue weighted by Crippen LogP contribution is 2.26. The van der Waals surface area contributed by atoms with Gasteiger partial charge >= 0.3 is 0 Å². The van der Waals surface area contributed by atoms with Crippen LogP contribution in [0.5, 0.6) is 5.75 Å². The van der Waals surface area contributed by atoms with Crippen molar-refractivity contribution in [2.24, 2.45) is 5.73 Å². The molecule has 20 heavy (non-hydrogen) atoms. The van der Waals surface area contributed by atoms with Gasteiger partial charge in [-0.25, -0.2) is 0 Å². The molecule has 4 heteroatoms. The summed E-state index contributed by atoms with van der Waals surface area (Å²) in [5.74, 6) is 0.849. The average molecular weight is 280 g/mol. The number of hydrogen-bond acceptors (Lipinski definition) is 4. The summed E-state index contributed by atoms with van der Waals surface area (Å²) in [5.41, 5.74) is 8.13. The van der Waals surface area contributed by atoms with Crippen molar-refractivity contribution in [1.82, 2.24) is 4.90 Å². The second kappa shape index (κ2) is 8.25. The van der Waals surface area contributed by atoms with Gasteiger partial charge in [-0.3, -0.25) is 0 Å². The molecule has 0 aliphatic rings. The molecule has 1 aromatic carbocycles. The van der Waals surface area contributed by atoms with Crippen LogP contribution in [0.25, 0.3) is 0 Å². The van der Waals surface area contributed by atoms with E-state index in [9.17, 15) is 5.11 Å². The van der Waals surface area contributed by atoms with Crippen LogP contribution in [0.4, 0.5) is 0 Å². The lowest BCUT2D eigenvalue weighted by molar-refractivity contribution is 0.136. The van der Waals surface area contributed by atoms with Crippen molar-refractivity contribution < 1.29 is 9.84 Å². The Labute approximate surface area is 122 Å². The zero-order valence-corrected chi connectivity index (χ0v) is 13.1. The van der Waals surface area contributed by atoms with E-state index in [1.807, 2.05) is 39.2 Å². The third-order valence-corrected chi connectivity index (χ3v) is 3.44. The number of ether oxygens (including phenoxy) is 1. The van der Waals surface area contributed by atoms with E-state index in [1.165, 1.54) is 0 Å². The van der Waals surface area contributed by atoms with Crippen LogP contribution in [0, 0.1) is 0 Å². The molecule has 1 aromatic rings. The molecule has 0 fully saturated rings.